The Hall–Kier alpha value is -1.41. The van der Waals surface area contributed by atoms with Crippen LogP contribution in [-0.4, -0.2) is 59.3 Å². The summed E-state index contributed by atoms with van der Waals surface area (Å²) >= 11 is 3.35. The minimum atomic E-state index is -0.949. The largest absolute Gasteiger partial charge is 0.382 e. The number of aromatic nitrogens is 2. The second kappa shape index (κ2) is 6.15. The molecular formula is C13H19BrN4O3. The number of ether oxygens (including phenoxy) is 1. The van der Waals surface area contributed by atoms with Gasteiger partial charge < -0.3 is 15.0 Å². The van der Waals surface area contributed by atoms with E-state index in [1.807, 2.05) is 0 Å². The van der Waals surface area contributed by atoms with Gasteiger partial charge in [0.25, 0.3) is 5.91 Å². The average molecular weight is 359 g/mol. The van der Waals surface area contributed by atoms with Gasteiger partial charge in [0.15, 0.2) is 0 Å². The maximum Gasteiger partial charge on any atom is 0.259 e. The Morgan fingerprint density at radius 1 is 1.57 bits per heavy atom. The number of hydrogen-bond acceptors (Lipinski definition) is 4. The highest BCUT2D eigenvalue weighted by molar-refractivity contribution is 9.10. The number of nitrogens with zero attached hydrogens (tertiary/aromatic N) is 3. The zero-order chi connectivity index (χ0) is 15.6. The molecule has 1 atom stereocenters. The minimum Gasteiger partial charge on any atom is -0.382 e. The Kier molecular flexibility index (Phi) is 4.67. The third-order valence-corrected chi connectivity index (χ3v) is 4.80. The van der Waals surface area contributed by atoms with Crippen LogP contribution < -0.4 is 5.32 Å². The standard InChI is InChI=1S/C13H19BrN4O3/c1-15-12(20)13(8-21-3)5-4-6-18(13)11(19)9-7-16-17(2)10(9)14/h7H,4-6,8H2,1-3H3,(H,15,20). The zero-order valence-corrected chi connectivity index (χ0v) is 13.9. The first-order chi connectivity index (χ1) is 9.97. The zero-order valence-electron chi connectivity index (χ0n) is 12.4. The number of carbonyl (C=O) groups is 2. The quantitative estimate of drug-likeness (QED) is 0.852. The maximum atomic E-state index is 12.8. The Labute approximate surface area is 131 Å². The first-order valence-corrected chi connectivity index (χ1v) is 7.48. The summed E-state index contributed by atoms with van der Waals surface area (Å²) in [6.07, 6.45) is 2.86. The predicted molar refractivity (Wildman–Crippen MR) is 79.9 cm³/mol. The van der Waals surface area contributed by atoms with Crippen molar-refractivity contribution < 1.29 is 14.3 Å². The van der Waals surface area contributed by atoms with Crippen molar-refractivity contribution >= 4 is 27.7 Å². The molecule has 8 heteroatoms. The van der Waals surface area contributed by atoms with Crippen molar-refractivity contribution in [3.05, 3.63) is 16.4 Å². The molecule has 1 aromatic rings. The molecule has 1 aliphatic rings. The monoisotopic (exact) mass is 358 g/mol. The summed E-state index contributed by atoms with van der Waals surface area (Å²) in [6.45, 7) is 0.702. The number of halogens is 1. The van der Waals surface area contributed by atoms with E-state index in [9.17, 15) is 9.59 Å². The van der Waals surface area contributed by atoms with Gasteiger partial charge in [0.1, 0.15) is 10.1 Å². The molecule has 21 heavy (non-hydrogen) atoms. The lowest BCUT2D eigenvalue weighted by molar-refractivity contribution is -0.133. The van der Waals surface area contributed by atoms with Crippen LogP contribution in [0.25, 0.3) is 0 Å². The Morgan fingerprint density at radius 3 is 2.81 bits per heavy atom. The van der Waals surface area contributed by atoms with Gasteiger partial charge in [-0.25, -0.2) is 0 Å². The topological polar surface area (TPSA) is 76.5 Å². The van der Waals surface area contributed by atoms with E-state index in [0.717, 1.165) is 6.42 Å². The number of aryl methyl sites for hydroxylation is 1. The van der Waals surface area contributed by atoms with E-state index in [4.69, 9.17) is 4.74 Å². The molecule has 1 aromatic heterocycles. The minimum absolute atomic E-state index is 0.177. The molecule has 7 nitrogen and oxygen atoms in total. The van der Waals surface area contributed by atoms with Crippen LogP contribution in [-0.2, 0) is 16.6 Å². The molecule has 116 valence electrons. The van der Waals surface area contributed by atoms with Crippen LogP contribution in [0.1, 0.15) is 23.2 Å². The number of methoxy groups -OCH3 is 1. The Bertz CT molecular complexity index is 560. The molecule has 0 aromatic carbocycles. The van der Waals surface area contributed by atoms with Gasteiger partial charge in [-0.15, -0.1) is 0 Å². The summed E-state index contributed by atoms with van der Waals surface area (Å²) in [7, 11) is 4.85. The van der Waals surface area contributed by atoms with Gasteiger partial charge in [0, 0.05) is 27.7 Å². The van der Waals surface area contributed by atoms with E-state index < -0.39 is 5.54 Å². The lowest BCUT2D eigenvalue weighted by Crippen LogP contribution is -2.59. The summed E-state index contributed by atoms with van der Waals surface area (Å²) in [5.74, 6) is -0.414. The van der Waals surface area contributed by atoms with Crippen molar-refractivity contribution in [3.8, 4) is 0 Å². The number of likely N-dealkylation sites (N-methyl/N-ethyl adjacent to an activating group) is 1. The summed E-state index contributed by atoms with van der Waals surface area (Å²) < 4.78 is 7.39. The molecule has 2 rings (SSSR count). The molecule has 1 unspecified atom stereocenters. The van der Waals surface area contributed by atoms with Crippen molar-refractivity contribution in [3.63, 3.8) is 0 Å². The Balaban J connectivity index is 2.38. The van der Waals surface area contributed by atoms with Gasteiger partial charge in [-0.2, -0.15) is 5.10 Å². The second-order valence-corrected chi connectivity index (χ2v) is 5.83. The fourth-order valence-electron chi connectivity index (χ4n) is 2.81. The van der Waals surface area contributed by atoms with Gasteiger partial charge in [-0.1, -0.05) is 0 Å². The molecule has 1 saturated heterocycles. The van der Waals surface area contributed by atoms with Crippen molar-refractivity contribution in [1.29, 1.82) is 0 Å². The highest BCUT2D eigenvalue weighted by atomic mass is 79.9. The van der Waals surface area contributed by atoms with E-state index in [1.165, 1.54) is 13.3 Å². The normalized spacial score (nSPS) is 21.6. The molecular weight excluding hydrogens is 340 g/mol. The van der Waals surface area contributed by atoms with Crippen LogP contribution >= 0.6 is 15.9 Å². The highest BCUT2D eigenvalue weighted by Crippen LogP contribution is 2.32. The SMILES string of the molecule is CNC(=O)C1(COC)CCCN1C(=O)c1cnn(C)c1Br. The highest BCUT2D eigenvalue weighted by Gasteiger charge is 2.50. The molecule has 2 heterocycles. The molecule has 1 aliphatic heterocycles. The first kappa shape index (κ1) is 16.0. The van der Waals surface area contributed by atoms with Gasteiger partial charge in [-0.3, -0.25) is 14.3 Å². The fourth-order valence-corrected chi connectivity index (χ4v) is 3.17. The molecule has 0 saturated carbocycles. The first-order valence-electron chi connectivity index (χ1n) is 6.68. The average Bonchev–Trinajstić information content (AvgIpc) is 3.04. The third-order valence-electron chi connectivity index (χ3n) is 3.86. The lowest BCUT2D eigenvalue weighted by Gasteiger charge is -2.36. The van der Waals surface area contributed by atoms with E-state index in [1.54, 1.807) is 23.7 Å². The fraction of sp³-hybridized carbons (Fsp3) is 0.615. The van der Waals surface area contributed by atoms with Crippen LogP contribution in [0.15, 0.2) is 10.8 Å². The van der Waals surface area contributed by atoms with Gasteiger partial charge in [0.2, 0.25) is 5.91 Å². The molecule has 1 fully saturated rings. The second-order valence-electron chi connectivity index (χ2n) is 5.08. The maximum absolute atomic E-state index is 12.8. The van der Waals surface area contributed by atoms with Crippen LogP contribution in [0.3, 0.4) is 0 Å². The van der Waals surface area contributed by atoms with Gasteiger partial charge in [0.05, 0.1) is 18.4 Å². The summed E-state index contributed by atoms with van der Waals surface area (Å²) in [4.78, 5) is 26.7. The molecule has 1 N–H and O–H groups in total. The summed E-state index contributed by atoms with van der Waals surface area (Å²) in [5.41, 5.74) is -0.501. The summed E-state index contributed by atoms with van der Waals surface area (Å²) in [5, 5.41) is 6.70. The number of carbonyl (C=O) groups excluding carboxylic acids is 2. The van der Waals surface area contributed by atoms with Crippen molar-refractivity contribution in [2.24, 2.45) is 7.05 Å². The lowest BCUT2D eigenvalue weighted by atomic mass is 9.95. The van der Waals surface area contributed by atoms with Crippen LogP contribution in [0.2, 0.25) is 0 Å². The van der Waals surface area contributed by atoms with E-state index in [-0.39, 0.29) is 18.4 Å². The molecule has 0 aliphatic carbocycles. The number of hydrogen-bond donors (Lipinski definition) is 1. The number of rotatable bonds is 4. The number of nitrogens with one attached hydrogen (secondary N) is 1. The van der Waals surface area contributed by atoms with Crippen molar-refractivity contribution in [2.45, 2.75) is 18.4 Å². The van der Waals surface area contributed by atoms with E-state index in [2.05, 4.69) is 26.3 Å². The third kappa shape index (κ3) is 2.57. The van der Waals surface area contributed by atoms with Crippen molar-refractivity contribution in [2.75, 3.05) is 27.3 Å². The van der Waals surface area contributed by atoms with E-state index >= 15 is 0 Å². The van der Waals surface area contributed by atoms with Gasteiger partial charge in [-0.05, 0) is 28.8 Å². The summed E-state index contributed by atoms with van der Waals surface area (Å²) in [6, 6.07) is 0. The smallest absolute Gasteiger partial charge is 0.259 e. The molecule has 2 amide bonds. The van der Waals surface area contributed by atoms with Crippen LogP contribution in [0.5, 0.6) is 0 Å². The van der Waals surface area contributed by atoms with Gasteiger partial charge >= 0.3 is 0 Å². The Morgan fingerprint density at radius 2 is 2.29 bits per heavy atom. The molecule has 0 bridgehead atoms. The predicted octanol–water partition coefficient (Wildman–Crippen LogP) is 0.550. The van der Waals surface area contributed by atoms with E-state index in [0.29, 0.717) is 23.1 Å². The van der Waals surface area contributed by atoms with Crippen molar-refractivity contribution in [1.82, 2.24) is 20.0 Å². The number of amides is 2. The number of likely N-dealkylation sites (tertiary alicyclic amines) is 1. The molecule has 0 radical (unpaired) electrons. The van der Waals surface area contributed by atoms with Crippen LogP contribution in [0.4, 0.5) is 0 Å². The molecule has 0 spiro atoms. The van der Waals surface area contributed by atoms with Crippen LogP contribution in [0, 0.1) is 0 Å².